The second kappa shape index (κ2) is 8.78. The van der Waals surface area contributed by atoms with Gasteiger partial charge in [-0.1, -0.05) is 19.1 Å². The smallest absolute Gasteiger partial charge is 0.164 e. The van der Waals surface area contributed by atoms with E-state index in [1.165, 1.54) is 0 Å². The number of rotatable bonds is 9. The summed E-state index contributed by atoms with van der Waals surface area (Å²) in [6.07, 6.45) is 1.80. The van der Waals surface area contributed by atoms with Crippen LogP contribution in [0.4, 0.5) is 0 Å². The Balaban J connectivity index is 2.60. The molecule has 2 N–H and O–H groups in total. The Labute approximate surface area is 109 Å². The van der Waals surface area contributed by atoms with Gasteiger partial charge in [-0.3, -0.25) is 0 Å². The van der Waals surface area contributed by atoms with Gasteiger partial charge in [-0.05, 0) is 31.0 Å². The number of hydrogen-bond donors (Lipinski definition) is 1. The van der Waals surface area contributed by atoms with Crippen LogP contribution in [0.5, 0.6) is 11.5 Å². The van der Waals surface area contributed by atoms with Crippen molar-refractivity contribution in [1.29, 1.82) is 0 Å². The SMILES string of the molecule is CCCOCCOc1c(CCN)cccc1OC. The number of para-hydroxylation sites is 1. The zero-order valence-corrected chi connectivity index (χ0v) is 11.3. The van der Waals surface area contributed by atoms with E-state index in [1.807, 2.05) is 18.2 Å². The molecule has 0 aliphatic carbocycles. The van der Waals surface area contributed by atoms with E-state index in [1.54, 1.807) is 7.11 Å². The van der Waals surface area contributed by atoms with Crippen molar-refractivity contribution in [2.75, 3.05) is 33.5 Å². The van der Waals surface area contributed by atoms with Crippen LogP contribution in [0.15, 0.2) is 18.2 Å². The zero-order chi connectivity index (χ0) is 13.2. The Morgan fingerprint density at radius 1 is 1.17 bits per heavy atom. The molecule has 0 bridgehead atoms. The molecule has 0 unspecified atom stereocenters. The van der Waals surface area contributed by atoms with E-state index < -0.39 is 0 Å². The lowest BCUT2D eigenvalue weighted by molar-refractivity contribution is 0.0991. The fourth-order valence-electron chi connectivity index (χ4n) is 1.69. The van der Waals surface area contributed by atoms with Crippen LogP contribution in [-0.2, 0) is 11.2 Å². The van der Waals surface area contributed by atoms with E-state index in [0.29, 0.717) is 19.8 Å². The van der Waals surface area contributed by atoms with Crippen molar-refractivity contribution in [1.82, 2.24) is 0 Å². The number of hydrogen-bond acceptors (Lipinski definition) is 4. The van der Waals surface area contributed by atoms with Gasteiger partial charge in [-0.2, -0.15) is 0 Å². The van der Waals surface area contributed by atoms with Gasteiger partial charge in [0.2, 0.25) is 0 Å². The molecule has 1 aromatic rings. The van der Waals surface area contributed by atoms with Crippen molar-refractivity contribution in [3.63, 3.8) is 0 Å². The maximum absolute atomic E-state index is 5.75. The number of ether oxygens (including phenoxy) is 3. The van der Waals surface area contributed by atoms with Gasteiger partial charge in [0.15, 0.2) is 11.5 Å². The van der Waals surface area contributed by atoms with Crippen LogP contribution < -0.4 is 15.2 Å². The maximum Gasteiger partial charge on any atom is 0.164 e. The molecule has 0 amide bonds. The van der Waals surface area contributed by atoms with Gasteiger partial charge < -0.3 is 19.9 Å². The summed E-state index contributed by atoms with van der Waals surface area (Å²) in [5.74, 6) is 1.53. The minimum Gasteiger partial charge on any atom is -0.493 e. The van der Waals surface area contributed by atoms with Gasteiger partial charge in [0, 0.05) is 6.61 Å². The molecular weight excluding hydrogens is 230 g/mol. The lowest BCUT2D eigenvalue weighted by Gasteiger charge is -2.14. The van der Waals surface area contributed by atoms with Gasteiger partial charge in [0.25, 0.3) is 0 Å². The number of nitrogens with two attached hydrogens (primary N) is 1. The predicted molar refractivity (Wildman–Crippen MR) is 72.4 cm³/mol. The highest BCUT2D eigenvalue weighted by atomic mass is 16.5. The first-order valence-corrected chi connectivity index (χ1v) is 6.40. The summed E-state index contributed by atoms with van der Waals surface area (Å²) in [5.41, 5.74) is 6.67. The Kier molecular flexibility index (Phi) is 7.22. The molecular formula is C14H23NO3. The first kappa shape index (κ1) is 14.8. The van der Waals surface area contributed by atoms with E-state index in [0.717, 1.165) is 36.5 Å². The van der Waals surface area contributed by atoms with Crippen molar-refractivity contribution in [2.45, 2.75) is 19.8 Å². The molecule has 102 valence electrons. The Morgan fingerprint density at radius 2 is 2.00 bits per heavy atom. The van der Waals surface area contributed by atoms with E-state index in [9.17, 15) is 0 Å². The summed E-state index contributed by atoms with van der Waals surface area (Å²) in [5, 5.41) is 0. The van der Waals surface area contributed by atoms with Gasteiger partial charge in [-0.15, -0.1) is 0 Å². The number of benzene rings is 1. The molecule has 0 heterocycles. The minimum atomic E-state index is 0.526. The lowest BCUT2D eigenvalue weighted by atomic mass is 10.1. The molecule has 18 heavy (non-hydrogen) atoms. The second-order valence-corrected chi connectivity index (χ2v) is 3.95. The average Bonchev–Trinajstić information content (AvgIpc) is 2.40. The summed E-state index contributed by atoms with van der Waals surface area (Å²) in [6.45, 7) is 4.56. The van der Waals surface area contributed by atoms with Gasteiger partial charge in [0.1, 0.15) is 6.61 Å². The number of methoxy groups -OCH3 is 1. The molecule has 0 saturated heterocycles. The maximum atomic E-state index is 5.75. The van der Waals surface area contributed by atoms with E-state index in [2.05, 4.69) is 6.92 Å². The predicted octanol–water partition coefficient (Wildman–Crippen LogP) is 2.00. The van der Waals surface area contributed by atoms with Crippen LogP contribution in [0.25, 0.3) is 0 Å². The van der Waals surface area contributed by atoms with Crippen molar-refractivity contribution in [3.8, 4) is 11.5 Å². The van der Waals surface area contributed by atoms with Crippen LogP contribution in [0.2, 0.25) is 0 Å². The molecule has 0 aliphatic rings. The van der Waals surface area contributed by atoms with Gasteiger partial charge in [0.05, 0.1) is 13.7 Å². The highest BCUT2D eigenvalue weighted by Gasteiger charge is 2.09. The Hall–Kier alpha value is -1.26. The second-order valence-electron chi connectivity index (χ2n) is 3.95. The summed E-state index contributed by atoms with van der Waals surface area (Å²) in [6, 6.07) is 5.85. The monoisotopic (exact) mass is 253 g/mol. The molecule has 4 nitrogen and oxygen atoms in total. The van der Waals surface area contributed by atoms with Crippen molar-refractivity contribution >= 4 is 0 Å². The Bertz CT molecular complexity index is 342. The summed E-state index contributed by atoms with van der Waals surface area (Å²) < 4.78 is 16.4. The molecule has 1 rings (SSSR count). The van der Waals surface area contributed by atoms with Crippen molar-refractivity contribution < 1.29 is 14.2 Å². The average molecular weight is 253 g/mol. The molecule has 0 aromatic heterocycles. The third-order valence-electron chi connectivity index (χ3n) is 2.52. The van der Waals surface area contributed by atoms with E-state index in [-0.39, 0.29) is 0 Å². The van der Waals surface area contributed by atoms with Crippen molar-refractivity contribution in [2.24, 2.45) is 5.73 Å². The summed E-state index contributed by atoms with van der Waals surface area (Å²) >= 11 is 0. The highest BCUT2D eigenvalue weighted by molar-refractivity contribution is 5.46. The minimum absolute atomic E-state index is 0.526. The molecule has 0 aliphatic heterocycles. The van der Waals surface area contributed by atoms with Crippen LogP contribution in [0, 0.1) is 0 Å². The van der Waals surface area contributed by atoms with Crippen molar-refractivity contribution in [3.05, 3.63) is 23.8 Å². The summed E-state index contributed by atoms with van der Waals surface area (Å²) in [7, 11) is 1.64. The molecule has 0 fully saturated rings. The van der Waals surface area contributed by atoms with Crippen LogP contribution in [-0.4, -0.2) is 33.5 Å². The Morgan fingerprint density at radius 3 is 2.67 bits per heavy atom. The molecule has 0 saturated carbocycles. The van der Waals surface area contributed by atoms with Gasteiger partial charge in [-0.25, -0.2) is 0 Å². The zero-order valence-electron chi connectivity index (χ0n) is 11.3. The normalized spacial score (nSPS) is 10.4. The van der Waals surface area contributed by atoms with Crippen LogP contribution in [0.1, 0.15) is 18.9 Å². The summed E-state index contributed by atoms with van der Waals surface area (Å²) in [4.78, 5) is 0. The highest BCUT2D eigenvalue weighted by Crippen LogP contribution is 2.31. The topological polar surface area (TPSA) is 53.7 Å². The molecule has 1 aromatic carbocycles. The first-order chi connectivity index (χ1) is 8.83. The van der Waals surface area contributed by atoms with E-state index >= 15 is 0 Å². The molecule has 4 heteroatoms. The quantitative estimate of drug-likeness (QED) is 0.684. The third kappa shape index (κ3) is 4.55. The van der Waals surface area contributed by atoms with Crippen LogP contribution >= 0.6 is 0 Å². The van der Waals surface area contributed by atoms with Crippen LogP contribution in [0.3, 0.4) is 0 Å². The third-order valence-corrected chi connectivity index (χ3v) is 2.52. The lowest BCUT2D eigenvalue weighted by Crippen LogP contribution is -2.11. The molecule has 0 atom stereocenters. The van der Waals surface area contributed by atoms with E-state index in [4.69, 9.17) is 19.9 Å². The largest absolute Gasteiger partial charge is 0.493 e. The fourth-order valence-corrected chi connectivity index (χ4v) is 1.69. The first-order valence-electron chi connectivity index (χ1n) is 6.40. The fraction of sp³-hybridized carbons (Fsp3) is 0.571. The molecule has 0 spiro atoms. The van der Waals surface area contributed by atoms with Gasteiger partial charge >= 0.3 is 0 Å². The standard InChI is InChI=1S/C14H23NO3/c1-3-9-17-10-11-18-14-12(7-8-15)5-4-6-13(14)16-2/h4-6H,3,7-11,15H2,1-2H3. The molecule has 0 radical (unpaired) electrons.